The van der Waals surface area contributed by atoms with Crippen LogP contribution in [0.5, 0.6) is 0 Å². The summed E-state index contributed by atoms with van der Waals surface area (Å²) in [6, 6.07) is 5.09. The van der Waals surface area contributed by atoms with E-state index in [1.54, 1.807) is 13.2 Å². The Kier molecular flexibility index (Phi) is 7.23. The topological polar surface area (TPSA) is 62.2 Å². The van der Waals surface area contributed by atoms with E-state index in [4.69, 9.17) is 14.5 Å². The van der Waals surface area contributed by atoms with Crippen molar-refractivity contribution in [1.29, 1.82) is 0 Å². The molecule has 150 valence electrons. The molecule has 0 aromatic carbocycles. The van der Waals surface area contributed by atoms with Crippen molar-refractivity contribution >= 4 is 11.8 Å². The van der Waals surface area contributed by atoms with Crippen LogP contribution in [0.1, 0.15) is 19.8 Å². The first-order valence-electron chi connectivity index (χ1n) is 9.69. The van der Waals surface area contributed by atoms with Gasteiger partial charge in [-0.3, -0.25) is 4.99 Å². The highest BCUT2D eigenvalue weighted by molar-refractivity contribution is 5.80. The minimum Gasteiger partial charge on any atom is -0.383 e. The third-order valence-corrected chi connectivity index (χ3v) is 4.86. The van der Waals surface area contributed by atoms with Gasteiger partial charge in [-0.1, -0.05) is 6.07 Å². The molecule has 1 N–H and O–H groups in total. The van der Waals surface area contributed by atoms with Crippen LogP contribution >= 0.6 is 0 Å². The number of hydrogen-bond donors (Lipinski definition) is 1. The summed E-state index contributed by atoms with van der Waals surface area (Å²) in [7, 11) is 1.70. The molecule has 0 aliphatic carbocycles. The lowest BCUT2D eigenvalue weighted by Gasteiger charge is -2.38. The summed E-state index contributed by atoms with van der Waals surface area (Å²) in [6.07, 6.45) is 2.41. The number of guanidine groups is 1. The summed E-state index contributed by atoms with van der Waals surface area (Å²) in [5.41, 5.74) is 0. The summed E-state index contributed by atoms with van der Waals surface area (Å²) in [6.45, 7) is 7.36. The summed E-state index contributed by atoms with van der Waals surface area (Å²) in [4.78, 5) is 13.2. The van der Waals surface area contributed by atoms with Crippen LogP contribution < -0.4 is 10.2 Å². The second-order valence-electron chi connectivity index (χ2n) is 7.09. The van der Waals surface area contributed by atoms with E-state index in [1.807, 2.05) is 6.07 Å². The third kappa shape index (κ3) is 5.77. The third-order valence-electron chi connectivity index (χ3n) is 4.86. The fourth-order valence-corrected chi connectivity index (χ4v) is 3.45. The fraction of sp³-hybridized carbons (Fsp3) is 0.684. The summed E-state index contributed by atoms with van der Waals surface area (Å²) >= 11 is 0. The molecule has 1 aromatic heterocycles. The summed E-state index contributed by atoms with van der Waals surface area (Å²) in [5, 5.41) is 3.48. The van der Waals surface area contributed by atoms with Crippen molar-refractivity contribution in [3.05, 3.63) is 24.1 Å². The molecule has 27 heavy (non-hydrogen) atoms. The van der Waals surface area contributed by atoms with Crippen molar-refractivity contribution in [2.75, 3.05) is 57.9 Å². The molecule has 2 unspecified atom stereocenters. The molecule has 2 saturated heterocycles. The van der Waals surface area contributed by atoms with Gasteiger partial charge in [-0.25, -0.2) is 4.98 Å². The van der Waals surface area contributed by atoms with E-state index in [2.05, 4.69) is 27.0 Å². The molecule has 2 aliphatic rings. The SMILES string of the molecule is COCC(C)NC(=NCC1CCCO1)N1CCN(c2cccc(F)n2)CC1. The zero-order valence-corrected chi connectivity index (χ0v) is 16.2. The minimum atomic E-state index is -0.441. The Morgan fingerprint density at radius 1 is 1.41 bits per heavy atom. The number of halogens is 1. The number of pyridine rings is 1. The normalized spacial score (nSPS) is 22.2. The molecule has 2 fully saturated rings. The lowest BCUT2D eigenvalue weighted by Crippen LogP contribution is -2.54. The number of nitrogens with zero attached hydrogens (tertiary/aromatic N) is 4. The minimum absolute atomic E-state index is 0.168. The second kappa shape index (κ2) is 9.85. The Hall–Kier alpha value is -1.93. The number of aromatic nitrogens is 1. The average molecular weight is 379 g/mol. The Morgan fingerprint density at radius 2 is 2.22 bits per heavy atom. The Labute approximate surface area is 160 Å². The molecular formula is C19H30FN5O2. The number of piperazine rings is 1. The van der Waals surface area contributed by atoms with Crippen molar-refractivity contribution in [2.45, 2.75) is 31.9 Å². The molecule has 0 saturated carbocycles. The van der Waals surface area contributed by atoms with E-state index in [9.17, 15) is 4.39 Å². The van der Waals surface area contributed by atoms with Crippen LogP contribution in [-0.4, -0.2) is 81.0 Å². The highest BCUT2D eigenvalue weighted by atomic mass is 19.1. The van der Waals surface area contributed by atoms with Gasteiger partial charge >= 0.3 is 0 Å². The van der Waals surface area contributed by atoms with Gasteiger partial charge in [0.05, 0.1) is 19.3 Å². The summed E-state index contributed by atoms with van der Waals surface area (Å²) < 4.78 is 24.3. The second-order valence-corrected chi connectivity index (χ2v) is 7.09. The molecule has 1 aromatic rings. The number of rotatable bonds is 6. The quantitative estimate of drug-likeness (QED) is 0.459. The van der Waals surface area contributed by atoms with Crippen LogP contribution in [0.15, 0.2) is 23.2 Å². The number of ether oxygens (including phenoxy) is 2. The van der Waals surface area contributed by atoms with Gasteiger partial charge in [-0.15, -0.1) is 0 Å². The monoisotopic (exact) mass is 379 g/mol. The highest BCUT2D eigenvalue weighted by Gasteiger charge is 2.23. The van der Waals surface area contributed by atoms with Crippen molar-refractivity contribution in [1.82, 2.24) is 15.2 Å². The van der Waals surface area contributed by atoms with Crippen LogP contribution in [0.3, 0.4) is 0 Å². The smallest absolute Gasteiger partial charge is 0.214 e. The van der Waals surface area contributed by atoms with Crippen LogP contribution in [-0.2, 0) is 9.47 Å². The van der Waals surface area contributed by atoms with Crippen LogP contribution in [0.4, 0.5) is 10.2 Å². The molecule has 7 nitrogen and oxygen atoms in total. The molecule has 0 spiro atoms. The van der Waals surface area contributed by atoms with Crippen LogP contribution in [0, 0.1) is 5.95 Å². The Bertz CT molecular complexity index is 616. The van der Waals surface area contributed by atoms with Gasteiger partial charge in [0, 0.05) is 45.9 Å². The predicted octanol–water partition coefficient (Wildman–Crippen LogP) is 1.50. The maximum absolute atomic E-state index is 13.4. The van der Waals surface area contributed by atoms with Gasteiger partial charge in [0.25, 0.3) is 0 Å². The van der Waals surface area contributed by atoms with E-state index < -0.39 is 5.95 Å². The standard InChI is InChI=1S/C19H30FN5O2/c1-15(14-26-2)22-19(21-13-16-5-4-12-27-16)25-10-8-24(9-11-25)18-7-3-6-17(20)23-18/h3,6-7,15-16H,4-5,8-14H2,1-2H3,(H,21,22). The average Bonchev–Trinajstić information content (AvgIpc) is 3.19. The van der Waals surface area contributed by atoms with Crippen LogP contribution in [0.2, 0.25) is 0 Å². The van der Waals surface area contributed by atoms with E-state index in [-0.39, 0.29) is 12.1 Å². The van der Waals surface area contributed by atoms with Crippen molar-refractivity contribution in [3.8, 4) is 0 Å². The zero-order valence-electron chi connectivity index (χ0n) is 16.2. The molecule has 0 amide bonds. The molecule has 2 aliphatic heterocycles. The van der Waals surface area contributed by atoms with Gasteiger partial charge in [-0.05, 0) is 31.9 Å². The first kappa shape index (κ1) is 19.8. The first-order valence-corrected chi connectivity index (χ1v) is 9.69. The fourth-order valence-electron chi connectivity index (χ4n) is 3.45. The van der Waals surface area contributed by atoms with Gasteiger partial charge in [0.15, 0.2) is 5.96 Å². The van der Waals surface area contributed by atoms with E-state index in [0.29, 0.717) is 19.0 Å². The number of hydrogen-bond acceptors (Lipinski definition) is 5. The molecule has 3 heterocycles. The van der Waals surface area contributed by atoms with Gasteiger partial charge in [0.1, 0.15) is 5.82 Å². The van der Waals surface area contributed by atoms with Gasteiger partial charge in [0.2, 0.25) is 5.95 Å². The van der Waals surface area contributed by atoms with Crippen molar-refractivity contribution in [3.63, 3.8) is 0 Å². The first-order chi connectivity index (χ1) is 13.2. The highest BCUT2D eigenvalue weighted by Crippen LogP contribution is 2.15. The maximum Gasteiger partial charge on any atom is 0.214 e. The van der Waals surface area contributed by atoms with Gasteiger partial charge in [-0.2, -0.15) is 4.39 Å². The number of nitrogens with one attached hydrogen (secondary N) is 1. The van der Waals surface area contributed by atoms with Crippen molar-refractivity contribution < 1.29 is 13.9 Å². The molecule has 2 atom stereocenters. The van der Waals surface area contributed by atoms with Crippen LogP contribution in [0.25, 0.3) is 0 Å². The molecule has 0 bridgehead atoms. The number of anilines is 1. The molecule has 0 radical (unpaired) electrons. The Morgan fingerprint density at radius 3 is 2.89 bits per heavy atom. The maximum atomic E-state index is 13.4. The number of methoxy groups -OCH3 is 1. The molecule has 8 heteroatoms. The largest absolute Gasteiger partial charge is 0.383 e. The van der Waals surface area contributed by atoms with Gasteiger partial charge < -0.3 is 24.6 Å². The lowest BCUT2D eigenvalue weighted by atomic mass is 10.2. The summed E-state index contributed by atoms with van der Waals surface area (Å²) in [5.74, 6) is 1.14. The predicted molar refractivity (Wildman–Crippen MR) is 104 cm³/mol. The zero-order chi connectivity index (χ0) is 19.1. The van der Waals surface area contributed by atoms with E-state index >= 15 is 0 Å². The lowest BCUT2D eigenvalue weighted by molar-refractivity contribution is 0.117. The van der Waals surface area contributed by atoms with E-state index in [0.717, 1.165) is 51.6 Å². The molecule has 3 rings (SSSR count). The number of aliphatic imine (C=N–C) groups is 1. The van der Waals surface area contributed by atoms with Crippen molar-refractivity contribution in [2.24, 2.45) is 4.99 Å². The van der Waals surface area contributed by atoms with E-state index in [1.165, 1.54) is 6.07 Å². The molecular weight excluding hydrogens is 349 g/mol. The Balaban J connectivity index is 1.61.